The van der Waals surface area contributed by atoms with Gasteiger partial charge in [0.25, 0.3) is 0 Å². The van der Waals surface area contributed by atoms with Crippen LogP contribution in [-0.2, 0) is 0 Å². The van der Waals surface area contributed by atoms with Crippen molar-refractivity contribution in [2.24, 2.45) is 0 Å². The smallest absolute Gasteiger partial charge is 0.335 e. The molecule has 19 heavy (non-hydrogen) atoms. The quantitative estimate of drug-likeness (QED) is 0.578. The van der Waals surface area contributed by atoms with Gasteiger partial charge in [-0.3, -0.25) is 0 Å². The first-order chi connectivity index (χ1) is 9.24. The van der Waals surface area contributed by atoms with Gasteiger partial charge in [0.2, 0.25) is 0 Å². The fourth-order valence-corrected chi connectivity index (χ4v) is 1.89. The van der Waals surface area contributed by atoms with Crippen molar-refractivity contribution >= 4 is 5.97 Å². The highest BCUT2D eigenvalue weighted by Crippen LogP contribution is 2.07. The largest absolute Gasteiger partial charge is 0.478 e. The maximum atomic E-state index is 10.8. The number of carboxylic acid groups (broad SMARTS) is 1. The third-order valence-electron chi connectivity index (χ3n) is 3.00. The Morgan fingerprint density at radius 1 is 1.16 bits per heavy atom. The van der Waals surface area contributed by atoms with Gasteiger partial charge in [0.1, 0.15) is 0 Å². The van der Waals surface area contributed by atoms with E-state index in [1.54, 1.807) is 18.2 Å². The summed E-state index contributed by atoms with van der Waals surface area (Å²) in [6.45, 7) is 2.22. The Balaban J connectivity index is 2.30. The van der Waals surface area contributed by atoms with Gasteiger partial charge in [-0.1, -0.05) is 56.9 Å². The van der Waals surface area contributed by atoms with Crippen molar-refractivity contribution in [3.63, 3.8) is 0 Å². The number of carbonyl (C=O) groups is 1. The van der Waals surface area contributed by atoms with E-state index in [0.29, 0.717) is 5.56 Å². The van der Waals surface area contributed by atoms with Crippen molar-refractivity contribution in [3.8, 4) is 11.8 Å². The number of benzene rings is 1. The van der Waals surface area contributed by atoms with Crippen LogP contribution in [0.5, 0.6) is 0 Å². The molecule has 0 radical (unpaired) electrons. The van der Waals surface area contributed by atoms with Crippen molar-refractivity contribution in [2.45, 2.75) is 51.9 Å². The summed E-state index contributed by atoms with van der Waals surface area (Å²) >= 11 is 0. The molecule has 0 aliphatic rings. The number of hydrogen-bond donors (Lipinski definition) is 1. The first-order valence-corrected chi connectivity index (χ1v) is 7.06. The number of unbranched alkanes of at least 4 members (excludes halogenated alkanes) is 6. The fourth-order valence-electron chi connectivity index (χ4n) is 1.89. The Labute approximate surface area is 115 Å². The molecule has 1 rings (SSSR count). The van der Waals surface area contributed by atoms with E-state index in [4.69, 9.17) is 5.11 Å². The summed E-state index contributed by atoms with van der Waals surface area (Å²) in [6.07, 6.45) is 8.49. The second kappa shape index (κ2) is 9.22. The summed E-state index contributed by atoms with van der Waals surface area (Å²) in [5.41, 5.74) is 1.08. The minimum Gasteiger partial charge on any atom is -0.478 e. The van der Waals surface area contributed by atoms with Gasteiger partial charge in [-0.25, -0.2) is 4.79 Å². The molecule has 0 spiro atoms. The van der Waals surface area contributed by atoms with Gasteiger partial charge in [0.05, 0.1) is 5.56 Å². The molecular weight excluding hydrogens is 236 g/mol. The van der Waals surface area contributed by atoms with Gasteiger partial charge in [0, 0.05) is 12.0 Å². The molecule has 0 bridgehead atoms. The highest BCUT2D eigenvalue weighted by Gasteiger charge is 2.00. The van der Waals surface area contributed by atoms with E-state index in [1.807, 2.05) is 6.07 Å². The van der Waals surface area contributed by atoms with Crippen LogP contribution < -0.4 is 0 Å². The van der Waals surface area contributed by atoms with Crippen molar-refractivity contribution in [3.05, 3.63) is 35.4 Å². The molecule has 0 aliphatic carbocycles. The Kier molecular flexibility index (Phi) is 7.43. The highest BCUT2D eigenvalue weighted by atomic mass is 16.4. The van der Waals surface area contributed by atoms with Gasteiger partial charge >= 0.3 is 5.97 Å². The Morgan fingerprint density at radius 2 is 1.89 bits per heavy atom. The van der Waals surface area contributed by atoms with E-state index in [1.165, 1.54) is 32.1 Å². The zero-order valence-electron chi connectivity index (χ0n) is 11.6. The van der Waals surface area contributed by atoms with Crippen LogP contribution in [0.25, 0.3) is 0 Å². The molecule has 102 valence electrons. The molecule has 2 heteroatoms. The molecule has 1 aromatic carbocycles. The average molecular weight is 258 g/mol. The number of carboxylic acids is 1. The van der Waals surface area contributed by atoms with Gasteiger partial charge in [-0.2, -0.15) is 0 Å². The van der Waals surface area contributed by atoms with E-state index < -0.39 is 5.97 Å². The van der Waals surface area contributed by atoms with Crippen molar-refractivity contribution in [2.75, 3.05) is 0 Å². The van der Waals surface area contributed by atoms with Crippen LogP contribution in [0, 0.1) is 11.8 Å². The standard InChI is InChI=1S/C17H22O2/c1-2-3-4-5-6-7-8-9-11-15-12-10-13-16(14-15)17(18)19/h10,12-14H,2-8H2,1H3,(H,18,19). The van der Waals surface area contributed by atoms with Crippen LogP contribution in [0.15, 0.2) is 24.3 Å². The lowest BCUT2D eigenvalue weighted by Crippen LogP contribution is -1.95. The topological polar surface area (TPSA) is 37.3 Å². The second-order valence-electron chi connectivity index (χ2n) is 4.71. The van der Waals surface area contributed by atoms with Crippen LogP contribution >= 0.6 is 0 Å². The maximum absolute atomic E-state index is 10.8. The highest BCUT2D eigenvalue weighted by molar-refractivity contribution is 5.87. The minimum atomic E-state index is -0.903. The monoisotopic (exact) mass is 258 g/mol. The van der Waals surface area contributed by atoms with E-state index in [2.05, 4.69) is 18.8 Å². The molecule has 0 aromatic heterocycles. The van der Waals surface area contributed by atoms with Gasteiger partial charge in [-0.15, -0.1) is 0 Å². The van der Waals surface area contributed by atoms with E-state index >= 15 is 0 Å². The van der Waals surface area contributed by atoms with Crippen LogP contribution in [0.4, 0.5) is 0 Å². The lowest BCUT2D eigenvalue weighted by molar-refractivity contribution is 0.0697. The number of hydrogen-bond acceptors (Lipinski definition) is 1. The molecular formula is C17H22O2. The third-order valence-corrected chi connectivity index (χ3v) is 3.00. The number of aromatic carboxylic acids is 1. The van der Waals surface area contributed by atoms with Crippen molar-refractivity contribution in [1.29, 1.82) is 0 Å². The van der Waals surface area contributed by atoms with Crippen LogP contribution in [0.2, 0.25) is 0 Å². The molecule has 0 saturated heterocycles. The summed E-state index contributed by atoms with van der Waals surface area (Å²) in [5, 5.41) is 8.87. The van der Waals surface area contributed by atoms with Crippen LogP contribution in [-0.4, -0.2) is 11.1 Å². The summed E-state index contributed by atoms with van der Waals surface area (Å²) in [5.74, 6) is 5.24. The predicted molar refractivity (Wildman–Crippen MR) is 78.3 cm³/mol. The molecule has 0 aliphatic heterocycles. The predicted octanol–water partition coefficient (Wildman–Crippen LogP) is 4.49. The second-order valence-corrected chi connectivity index (χ2v) is 4.71. The zero-order chi connectivity index (χ0) is 13.9. The van der Waals surface area contributed by atoms with Crippen LogP contribution in [0.3, 0.4) is 0 Å². The lowest BCUT2D eigenvalue weighted by atomic mass is 10.1. The van der Waals surface area contributed by atoms with Crippen molar-refractivity contribution in [1.82, 2.24) is 0 Å². The summed E-state index contributed by atoms with van der Waals surface area (Å²) in [6, 6.07) is 6.79. The fraction of sp³-hybridized carbons (Fsp3) is 0.471. The molecule has 1 aromatic rings. The molecule has 0 amide bonds. The van der Waals surface area contributed by atoms with Crippen molar-refractivity contribution < 1.29 is 9.90 Å². The first-order valence-electron chi connectivity index (χ1n) is 7.06. The van der Waals surface area contributed by atoms with Crippen LogP contribution in [0.1, 0.15) is 67.8 Å². The lowest BCUT2D eigenvalue weighted by Gasteiger charge is -1.97. The van der Waals surface area contributed by atoms with E-state index in [9.17, 15) is 4.79 Å². The third kappa shape index (κ3) is 6.67. The zero-order valence-corrected chi connectivity index (χ0v) is 11.6. The summed E-state index contributed by atoms with van der Waals surface area (Å²) < 4.78 is 0. The Bertz CT molecular complexity index is 452. The Hall–Kier alpha value is -1.75. The number of rotatable bonds is 7. The maximum Gasteiger partial charge on any atom is 0.335 e. The molecule has 0 unspecified atom stereocenters. The Morgan fingerprint density at radius 3 is 2.63 bits per heavy atom. The molecule has 0 heterocycles. The molecule has 0 fully saturated rings. The first kappa shape index (κ1) is 15.3. The SMILES string of the molecule is CCCCCCCCC#Cc1cccc(C(=O)O)c1. The molecule has 1 N–H and O–H groups in total. The van der Waals surface area contributed by atoms with E-state index in [0.717, 1.165) is 18.4 Å². The molecule has 2 nitrogen and oxygen atoms in total. The summed E-state index contributed by atoms with van der Waals surface area (Å²) in [7, 11) is 0. The van der Waals surface area contributed by atoms with Gasteiger partial charge in [-0.05, 0) is 24.6 Å². The minimum absolute atomic E-state index is 0.298. The van der Waals surface area contributed by atoms with Gasteiger partial charge in [0.15, 0.2) is 0 Å². The van der Waals surface area contributed by atoms with Gasteiger partial charge < -0.3 is 5.11 Å². The van der Waals surface area contributed by atoms with E-state index in [-0.39, 0.29) is 0 Å². The summed E-state index contributed by atoms with van der Waals surface area (Å²) in [4.78, 5) is 10.8. The molecule has 0 saturated carbocycles. The normalized spacial score (nSPS) is 9.74. The average Bonchev–Trinajstić information content (AvgIpc) is 2.42. The molecule has 0 atom stereocenters.